The van der Waals surface area contributed by atoms with E-state index in [4.69, 9.17) is 14.0 Å². The van der Waals surface area contributed by atoms with Crippen LogP contribution in [0.15, 0.2) is 12.3 Å². The van der Waals surface area contributed by atoms with Gasteiger partial charge in [0.1, 0.15) is 0 Å². The van der Waals surface area contributed by atoms with E-state index in [9.17, 15) is 0 Å². The van der Waals surface area contributed by atoms with Crippen molar-refractivity contribution in [1.29, 1.82) is 0 Å². The Hall–Kier alpha value is -1.07. The van der Waals surface area contributed by atoms with E-state index in [1.807, 2.05) is 6.92 Å². The van der Waals surface area contributed by atoms with Crippen molar-refractivity contribution in [3.8, 4) is 5.88 Å². The van der Waals surface area contributed by atoms with Crippen molar-refractivity contribution in [3.63, 3.8) is 0 Å². The average Bonchev–Trinajstić information content (AvgIpc) is 2.59. The van der Waals surface area contributed by atoms with E-state index >= 15 is 0 Å². The molecule has 1 aliphatic heterocycles. The Morgan fingerprint density at radius 2 is 1.76 bits per heavy atom. The molecule has 0 aliphatic carbocycles. The van der Waals surface area contributed by atoms with Crippen LogP contribution in [-0.2, 0) is 9.31 Å². The first-order valence-corrected chi connectivity index (χ1v) is 7.66. The summed E-state index contributed by atoms with van der Waals surface area (Å²) in [6.07, 6.45) is 1.79. The van der Waals surface area contributed by atoms with E-state index in [1.54, 1.807) is 6.20 Å². The molecule has 0 saturated carbocycles. The molecule has 0 spiro atoms. The van der Waals surface area contributed by atoms with Gasteiger partial charge >= 0.3 is 7.12 Å². The first-order valence-electron chi connectivity index (χ1n) is 7.66. The molecule has 116 valence electrons. The van der Waals surface area contributed by atoms with Gasteiger partial charge in [-0.2, -0.15) is 0 Å². The zero-order valence-electron chi connectivity index (χ0n) is 14.2. The maximum Gasteiger partial charge on any atom is 0.496 e. The van der Waals surface area contributed by atoms with E-state index in [2.05, 4.69) is 52.6 Å². The van der Waals surface area contributed by atoms with Crippen molar-refractivity contribution < 1.29 is 14.0 Å². The number of rotatable bonds is 4. The molecule has 1 saturated heterocycles. The second kappa shape index (κ2) is 5.62. The number of hydrogen-bond donors (Lipinski definition) is 0. The average molecular weight is 291 g/mol. The van der Waals surface area contributed by atoms with E-state index in [1.165, 1.54) is 0 Å². The number of nitrogens with zero attached hydrogens (tertiary/aromatic N) is 1. The van der Waals surface area contributed by atoms with Gasteiger partial charge in [0.05, 0.1) is 17.8 Å². The molecule has 0 atom stereocenters. The SMILES string of the molecule is CCOc1ncc(B2OC(C)(C)C(C)(C)O2)cc1C(C)C. The first kappa shape index (κ1) is 16.3. The number of pyridine rings is 1. The molecule has 1 fully saturated rings. The monoisotopic (exact) mass is 291 g/mol. The third-order valence-electron chi connectivity index (χ3n) is 4.33. The van der Waals surface area contributed by atoms with Gasteiger partial charge in [0.15, 0.2) is 0 Å². The highest BCUT2D eigenvalue weighted by molar-refractivity contribution is 6.62. The predicted octanol–water partition coefficient (Wildman–Crippen LogP) is 2.90. The van der Waals surface area contributed by atoms with Crippen molar-refractivity contribution in [1.82, 2.24) is 4.98 Å². The Labute approximate surface area is 128 Å². The molecule has 1 aliphatic rings. The predicted molar refractivity (Wildman–Crippen MR) is 85.2 cm³/mol. The van der Waals surface area contributed by atoms with Crippen molar-refractivity contribution in [2.24, 2.45) is 0 Å². The summed E-state index contributed by atoms with van der Waals surface area (Å²) in [5, 5.41) is 0. The van der Waals surface area contributed by atoms with Crippen LogP contribution >= 0.6 is 0 Å². The number of aromatic nitrogens is 1. The smallest absolute Gasteiger partial charge is 0.478 e. The van der Waals surface area contributed by atoms with Gasteiger partial charge in [-0.25, -0.2) is 4.98 Å². The van der Waals surface area contributed by atoms with Crippen molar-refractivity contribution >= 4 is 12.6 Å². The molecule has 4 nitrogen and oxygen atoms in total. The number of ether oxygens (including phenoxy) is 1. The van der Waals surface area contributed by atoms with Gasteiger partial charge in [-0.15, -0.1) is 0 Å². The third-order valence-corrected chi connectivity index (χ3v) is 4.33. The van der Waals surface area contributed by atoms with Gasteiger partial charge in [0.2, 0.25) is 5.88 Å². The summed E-state index contributed by atoms with van der Waals surface area (Å²) in [5.74, 6) is 1.04. The lowest BCUT2D eigenvalue weighted by Crippen LogP contribution is -2.41. The summed E-state index contributed by atoms with van der Waals surface area (Å²) in [6.45, 7) is 15.1. The lowest BCUT2D eigenvalue weighted by Gasteiger charge is -2.32. The Kier molecular flexibility index (Phi) is 4.36. The molecule has 1 aromatic rings. The molecule has 0 N–H and O–H groups in total. The maximum atomic E-state index is 6.08. The van der Waals surface area contributed by atoms with Crippen LogP contribution in [0, 0.1) is 0 Å². The van der Waals surface area contributed by atoms with E-state index in [-0.39, 0.29) is 18.3 Å². The van der Waals surface area contributed by atoms with Gasteiger partial charge < -0.3 is 14.0 Å². The zero-order valence-corrected chi connectivity index (χ0v) is 14.2. The number of hydrogen-bond acceptors (Lipinski definition) is 4. The van der Waals surface area contributed by atoms with Gasteiger partial charge in [0.25, 0.3) is 0 Å². The largest absolute Gasteiger partial charge is 0.496 e. The van der Waals surface area contributed by atoms with Crippen LogP contribution in [0.4, 0.5) is 0 Å². The Morgan fingerprint density at radius 1 is 1.19 bits per heavy atom. The van der Waals surface area contributed by atoms with Gasteiger partial charge in [-0.1, -0.05) is 19.9 Å². The van der Waals surface area contributed by atoms with Crippen LogP contribution < -0.4 is 10.2 Å². The molecular weight excluding hydrogens is 265 g/mol. The molecule has 5 heteroatoms. The zero-order chi connectivity index (χ0) is 15.8. The fourth-order valence-corrected chi connectivity index (χ4v) is 2.27. The Bertz CT molecular complexity index is 498. The summed E-state index contributed by atoms with van der Waals surface area (Å²) in [5.41, 5.74) is 1.35. The second-order valence-corrected chi connectivity index (χ2v) is 6.84. The molecule has 0 radical (unpaired) electrons. The molecule has 1 aromatic heterocycles. The van der Waals surface area contributed by atoms with Gasteiger partial charge in [-0.05, 0) is 40.5 Å². The minimum atomic E-state index is -0.379. The van der Waals surface area contributed by atoms with Crippen LogP contribution in [-0.4, -0.2) is 29.9 Å². The van der Waals surface area contributed by atoms with Crippen molar-refractivity contribution in [2.75, 3.05) is 6.61 Å². The minimum absolute atomic E-state index is 0.335. The first-order chi connectivity index (χ1) is 9.68. The normalized spacial score (nSPS) is 20.1. The fraction of sp³-hybridized carbons (Fsp3) is 0.688. The highest BCUT2D eigenvalue weighted by Crippen LogP contribution is 2.36. The highest BCUT2D eigenvalue weighted by atomic mass is 16.7. The third kappa shape index (κ3) is 3.09. The maximum absolute atomic E-state index is 6.08. The highest BCUT2D eigenvalue weighted by Gasteiger charge is 2.51. The van der Waals surface area contributed by atoms with Crippen LogP contribution in [0.25, 0.3) is 0 Å². The molecule has 2 rings (SSSR count). The van der Waals surface area contributed by atoms with Gasteiger partial charge in [-0.3, -0.25) is 0 Å². The van der Waals surface area contributed by atoms with Crippen LogP contribution in [0.3, 0.4) is 0 Å². The molecule has 0 bridgehead atoms. The van der Waals surface area contributed by atoms with E-state index < -0.39 is 0 Å². The van der Waals surface area contributed by atoms with Crippen LogP contribution in [0.1, 0.15) is 59.9 Å². The Morgan fingerprint density at radius 3 is 2.24 bits per heavy atom. The van der Waals surface area contributed by atoms with Gasteiger partial charge in [0, 0.05) is 17.2 Å². The van der Waals surface area contributed by atoms with Crippen molar-refractivity contribution in [2.45, 2.75) is 65.6 Å². The summed E-state index contributed by atoms with van der Waals surface area (Å²) >= 11 is 0. The lowest BCUT2D eigenvalue weighted by molar-refractivity contribution is 0.00578. The molecule has 2 heterocycles. The quantitative estimate of drug-likeness (QED) is 0.800. The standard InChI is InChI=1S/C16H26BNO3/c1-8-19-14-13(11(2)3)9-12(10-18-14)17-20-15(4,5)16(6,7)21-17/h9-11H,8H2,1-7H3. The topological polar surface area (TPSA) is 40.6 Å². The summed E-state index contributed by atoms with van der Waals surface area (Å²) in [7, 11) is -0.379. The molecule has 0 unspecified atom stereocenters. The summed E-state index contributed by atoms with van der Waals surface area (Å²) in [6, 6.07) is 2.09. The van der Waals surface area contributed by atoms with Crippen LogP contribution in [0.2, 0.25) is 0 Å². The second-order valence-electron chi connectivity index (χ2n) is 6.84. The lowest BCUT2D eigenvalue weighted by atomic mass is 9.79. The molecule has 0 aromatic carbocycles. The summed E-state index contributed by atoms with van der Waals surface area (Å²) < 4.78 is 17.8. The molecule has 0 amide bonds. The molecule has 21 heavy (non-hydrogen) atoms. The van der Waals surface area contributed by atoms with E-state index in [0.29, 0.717) is 18.4 Å². The minimum Gasteiger partial charge on any atom is -0.478 e. The van der Waals surface area contributed by atoms with Crippen LogP contribution in [0.5, 0.6) is 5.88 Å². The Balaban J connectivity index is 2.32. The summed E-state index contributed by atoms with van der Waals surface area (Å²) in [4.78, 5) is 4.45. The van der Waals surface area contributed by atoms with E-state index in [0.717, 1.165) is 11.0 Å². The van der Waals surface area contributed by atoms with Crippen molar-refractivity contribution in [3.05, 3.63) is 17.8 Å². The molecular formula is C16H26BNO3. The fourth-order valence-electron chi connectivity index (χ4n) is 2.27.